The summed E-state index contributed by atoms with van der Waals surface area (Å²) in [5, 5.41) is 0. The Balaban J connectivity index is 2.04. The van der Waals surface area contributed by atoms with Crippen LogP contribution in [0.4, 0.5) is 4.39 Å². The molecule has 0 radical (unpaired) electrons. The number of hydrogen-bond acceptors (Lipinski definition) is 3. The van der Waals surface area contributed by atoms with E-state index in [0.717, 1.165) is 6.42 Å². The summed E-state index contributed by atoms with van der Waals surface area (Å²) in [4.78, 5) is 0. The van der Waals surface area contributed by atoms with Crippen molar-refractivity contribution in [3.8, 4) is 5.75 Å². The molecule has 0 aromatic heterocycles. The lowest BCUT2D eigenvalue weighted by molar-refractivity contribution is -0.00679. The molecule has 1 heterocycles. The third-order valence-electron chi connectivity index (χ3n) is 2.47. The van der Waals surface area contributed by atoms with Gasteiger partial charge in [-0.15, -0.1) is 0 Å². The second-order valence-corrected chi connectivity index (χ2v) is 3.61. The number of rotatable bonds is 2. The quantitative estimate of drug-likeness (QED) is 0.802. The van der Waals surface area contributed by atoms with Gasteiger partial charge in [0, 0.05) is 12.6 Å². The van der Waals surface area contributed by atoms with E-state index in [1.165, 1.54) is 6.07 Å². The molecule has 1 saturated heterocycles. The van der Waals surface area contributed by atoms with Crippen molar-refractivity contribution in [1.82, 2.24) is 0 Å². The van der Waals surface area contributed by atoms with Crippen molar-refractivity contribution in [2.24, 2.45) is 5.73 Å². The van der Waals surface area contributed by atoms with Crippen molar-refractivity contribution in [1.29, 1.82) is 0 Å². The van der Waals surface area contributed by atoms with E-state index in [4.69, 9.17) is 15.2 Å². The van der Waals surface area contributed by atoms with E-state index >= 15 is 0 Å². The Morgan fingerprint density at radius 2 is 2.20 bits per heavy atom. The summed E-state index contributed by atoms with van der Waals surface area (Å²) in [5.41, 5.74) is 5.85. The van der Waals surface area contributed by atoms with Gasteiger partial charge in [-0.25, -0.2) is 4.39 Å². The summed E-state index contributed by atoms with van der Waals surface area (Å²) in [5.74, 6) is -0.126. The van der Waals surface area contributed by atoms with Gasteiger partial charge in [-0.05, 0) is 18.6 Å². The zero-order valence-corrected chi connectivity index (χ0v) is 8.36. The molecule has 2 unspecified atom stereocenters. The molecule has 2 rings (SSSR count). The first-order chi connectivity index (χ1) is 7.27. The van der Waals surface area contributed by atoms with Crippen LogP contribution in [0.15, 0.2) is 24.3 Å². The van der Waals surface area contributed by atoms with Gasteiger partial charge in [-0.3, -0.25) is 0 Å². The monoisotopic (exact) mass is 211 g/mol. The minimum absolute atomic E-state index is 0.0849. The number of hydrogen-bond donors (Lipinski definition) is 1. The summed E-state index contributed by atoms with van der Waals surface area (Å²) in [6.07, 6.45) is 0.495. The molecule has 1 fully saturated rings. The average molecular weight is 211 g/mol. The van der Waals surface area contributed by atoms with Gasteiger partial charge < -0.3 is 15.2 Å². The Morgan fingerprint density at radius 3 is 2.93 bits per heavy atom. The summed E-state index contributed by atoms with van der Waals surface area (Å²) in [7, 11) is 0. The van der Waals surface area contributed by atoms with Crippen LogP contribution in [0.1, 0.15) is 6.42 Å². The van der Waals surface area contributed by atoms with E-state index < -0.39 is 0 Å². The molecule has 1 aliphatic rings. The number of benzene rings is 1. The fourth-order valence-corrected chi connectivity index (χ4v) is 1.55. The Hall–Kier alpha value is -1.13. The Morgan fingerprint density at radius 1 is 1.40 bits per heavy atom. The zero-order valence-electron chi connectivity index (χ0n) is 8.36. The Kier molecular flexibility index (Phi) is 3.18. The maximum Gasteiger partial charge on any atom is 0.165 e. The van der Waals surface area contributed by atoms with Gasteiger partial charge in [0.1, 0.15) is 6.10 Å². The Labute approximate surface area is 88.0 Å². The molecular weight excluding hydrogens is 197 g/mol. The molecule has 0 saturated carbocycles. The summed E-state index contributed by atoms with van der Waals surface area (Å²) in [6.45, 7) is 1.08. The molecule has 1 aromatic rings. The second-order valence-electron chi connectivity index (χ2n) is 3.61. The van der Waals surface area contributed by atoms with Gasteiger partial charge in [-0.2, -0.15) is 0 Å². The predicted octanol–water partition coefficient (Wildman–Crippen LogP) is 1.32. The molecule has 3 nitrogen and oxygen atoms in total. The highest BCUT2D eigenvalue weighted by Gasteiger charge is 2.24. The third kappa shape index (κ3) is 2.46. The fraction of sp³-hybridized carbons (Fsp3) is 0.455. The van der Waals surface area contributed by atoms with Gasteiger partial charge in [0.15, 0.2) is 11.6 Å². The normalized spacial score (nSPS) is 26.3. The largest absolute Gasteiger partial charge is 0.483 e. The fourth-order valence-electron chi connectivity index (χ4n) is 1.55. The maximum absolute atomic E-state index is 13.3. The van der Waals surface area contributed by atoms with Crippen LogP contribution in [0, 0.1) is 5.82 Å². The summed E-state index contributed by atoms with van der Waals surface area (Å²) >= 11 is 0. The lowest BCUT2D eigenvalue weighted by Gasteiger charge is -2.29. The minimum atomic E-state index is -0.365. The van der Waals surface area contributed by atoms with Gasteiger partial charge in [0.2, 0.25) is 0 Å². The summed E-state index contributed by atoms with van der Waals surface area (Å²) in [6, 6.07) is 6.23. The van der Waals surface area contributed by atoms with Crippen LogP contribution in [-0.4, -0.2) is 25.4 Å². The first-order valence-electron chi connectivity index (χ1n) is 5.02. The second kappa shape index (κ2) is 4.59. The lowest BCUT2D eigenvalue weighted by atomic mass is 10.1. The number of nitrogens with two attached hydrogens (primary N) is 1. The highest BCUT2D eigenvalue weighted by Crippen LogP contribution is 2.19. The molecule has 0 bridgehead atoms. The van der Waals surface area contributed by atoms with E-state index in [-0.39, 0.29) is 23.7 Å². The van der Waals surface area contributed by atoms with Crippen LogP contribution >= 0.6 is 0 Å². The molecule has 1 aliphatic heterocycles. The lowest BCUT2D eigenvalue weighted by Crippen LogP contribution is -2.46. The average Bonchev–Trinajstić information content (AvgIpc) is 2.24. The van der Waals surface area contributed by atoms with E-state index in [1.54, 1.807) is 18.2 Å². The van der Waals surface area contributed by atoms with Crippen LogP contribution in [-0.2, 0) is 4.74 Å². The van der Waals surface area contributed by atoms with Crippen LogP contribution in [0.25, 0.3) is 0 Å². The molecule has 0 amide bonds. The van der Waals surface area contributed by atoms with E-state index in [2.05, 4.69) is 0 Å². The van der Waals surface area contributed by atoms with Crippen molar-refractivity contribution in [2.45, 2.75) is 18.6 Å². The molecule has 4 heteroatoms. The van der Waals surface area contributed by atoms with Crippen LogP contribution in [0.2, 0.25) is 0 Å². The highest BCUT2D eigenvalue weighted by molar-refractivity contribution is 5.24. The molecule has 2 atom stereocenters. The van der Waals surface area contributed by atoms with Gasteiger partial charge >= 0.3 is 0 Å². The first-order valence-corrected chi connectivity index (χ1v) is 5.02. The number of para-hydroxylation sites is 1. The van der Waals surface area contributed by atoms with Crippen molar-refractivity contribution in [3.63, 3.8) is 0 Å². The number of ether oxygens (including phenoxy) is 2. The topological polar surface area (TPSA) is 44.5 Å². The van der Waals surface area contributed by atoms with E-state index in [1.807, 2.05) is 0 Å². The first kappa shape index (κ1) is 10.4. The van der Waals surface area contributed by atoms with E-state index in [9.17, 15) is 4.39 Å². The highest BCUT2D eigenvalue weighted by atomic mass is 19.1. The zero-order chi connectivity index (χ0) is 10.7. The van der Waals surface area contributed by atoms with Crippen molar-refractivity contribution >= 4 is 0 Å². The summed E-state index contributed by atoms with van der Waals surface area (Å²) < 4.78 is 24.0. The standard InChI is InChI=1S/C11H14FNO2/c12-8-3-1-2-4-10(8)15-11-7-14-6-5-9(11)13/h1-4,9,11H,5-7,13H2. The molecule has 15 heavy (non-hydrogen) atoms. The smallest absolute Gasteiger partial charge is 0.165 e. The maximum atomic E-state index is 13.3. The minimum Gasteiger partial charge on any atom is -0.483 e. The van der Waals surface area contributed by atoms with E-state index in [0.29, 0.717) is 13.2 Å². The molecule has 82 valence electrons. The van der Waals surface area contributed by atoms with Gasteiger partial charge in [0.25, 0.3) is 0 Å². The van der Waals surface area contributed by atoms with Crippen molar-refractivity contribution in [2.75, 3.05) is 13.2 Å². The molecular formula is C11H14FNO2. The van der Waals surface area contributed by atoms with Crippen LogP contribution < -0.4 is 10.5 Å². The van der Waals surface area contributed by atoms with Crippen LogP contribution in [0.5, 0.6) is 5.75 Å². The van der Waals surface area contributed by atoms with Crippen LogP contribution in [0.3, 0.4) is 0 Å². The molecule has 2 N–H and O–H groups in total. The predicted molar refractivity (Wildman–Crippen MR) is 54.2 cm³/mol. The molecule has 1 aromatic carbocycles. The molecule has 0 spiro atoms. The van der Waals surface area contributed by atoms with Gasteiger partial charge in [0.05, 0.1) is 6.61 Å². The van der Waals surface area contributed by atoms with Gasteiger partial charge in [-0.1, -0.05) is 12.1 Å². The van der Waals surface area contributed by atoms with Crippen molar-refractivity contribution < 1.29 is 13.9 Å². The SMILES string of the molecule is NC1CCOCC1Oc1ccccc1F. The van der Waals surface area contributed by atoms with Crippen molar-refractivity contribution in [3.05, 3.63) is 30.1 Å². The molecule has 0 aliphatic carbocycles. The number of halogens is 1. The third-order valence-corrected chi connectivity index (χ3v) is 2.47. The Bertz CT molecular complexity index is 332.